The molecule has 0 aliphatic carbocycles. The first-order chi connectivity index (χ1) is 9.46. The van der Waals surface area contributed by atoms with E-state index in [-0.39, 0.29) is 0 Å². The van der Waals surface area contributed by atoms with Crippen LogP contribution >= 0.6 is 0 Å². The SMILES string of the molecule is COC(=O)[C@H]1CCCCN1S(=O)(=O)N1CCC(C)CC1. The quantitative estimate of drug-likeness (QED) is 0.729. The maximum absolute atomic E-state index is 12.7. The molecule has 1 atom stereocenters. The Morgan fingerprint density at radius 3 is 2.35 bits per heavy atom. The molecule has 20 heavy (non-hydrogen) atoms. The molecule has 0 spiro atoms. The molecule has 2 fully saturated rings. The van der Waals surface area contributed by atoms with Crippen molar-refractivity contribution < 1.29 is 17.9 Å². The van der Waals surface area contributed by atoms with Crippen LogP contribution in [0.15, 0.2) is 0 Å². The van der Waals surface area contributed by atoms with Crippen molar-refractivity contribution in [2.24, 2.45) is 5.92 Å². The maximum Gasteiger partial charge on any atom is 0.324 e. The second-order valence-electron chi connectivity index (χ2n) is 5.73. The highest BCUT2D eigenvalue weighted by Crippen LogP contribution is 2.26. The van der Waals surface area contributed by atoms with Gasteiger partial charge in [-0.2, -0.15) is 17.0 Å². The average molecular weight is 304 g/mol. The van der Waals surface area contributed by atoms with Crippen LogP contribution in [0.1, 0.15) is 39.0 Å². The monoisotopic (exact) mass is 304 g/mol. The van der Waals surface area contributed by atoms with Crippen LogP contribution in [0.25, 0.3) is 0 Å². The van der Waals surface area contributed by atoms with Crippen LogP contribution in [0.5, 0.6) is 0 Å². The van der Waals surface area contributed by atoms with Gasteiger partial charge in [0.05, 0.1) is 7.11 Å². The molecule has 0 aromatic carbocycles. The molecule has 0 aromatic heterocycles. The highest BCUT2D eigenvalue weighted by Gasteiger charge is 2.41. The number of methoxy groups -OCH3 is 1. The summed E-state index contributed by atoms with van der Waals surface area (Å²) in [4.78, 5) is 11.8. The van der Waals surface area contributed by atoms with E-state index in [1.807, 2.05) is 0 Å². The first-order valence-electron chi connectivity index (χ1n) is 7.31. The van der Waals surface area contributed by atoms with E-state index in [0.29, 0.717) is 32.0 Å². The summed E-state index contributed by atoms with van der Waals surface area (Å²) < 4.78 is 33.1. The maximum atomic E-state index is 12.7. The Kier molecular flexibility index (Phi) is 5.04. The van der Waals surface area contributed by atoms with Crippen LogP contribution in [0.4, 0.5) is 0 Å². The predicted molar refractivity (Wildman–Crippen MR) is 75.3 cm³/mol. The van der Waals surface area contributed by atoms with E-state index < -0.39 is 22.2 Å². The minimum absolute atomic E-state index is 0.411. The highest BCUT2D eigenvalue weighted by atomic mass is 32.2. The van der Waals surface area contributed by atoms with Crippen molar-refractivity contribution in [2.75, 3.05) is 26.7 Å². The summed E-state index contributed by atoms with van der Waals surface area (Å²) >= 11 is 0. The van der Waals surface area contributed by atoms with E-state index in [0.717, 1.165) is 25.7 Å². The zero-order valence-electron chi connectivity index (χ0n) is 12.2. The number of esters is 1. The lowest BCUT2D eigenvalue weighted by molar-refractivity contribution is -0.146. The van der Waals surface area contributed by atoms with Crippen molar-refractivity contribution in [2.45, 2.75) is 45.1 Å². The van der Waals surface area contributed by atoms with Crippen molar-refractivity contribution in [3.8, 4) is 0 Å². The second kappa shape index (κ2) is 6.41. The lowest BCUT2D eigenvalue weighted by Gasteiger charge is -2.38. The predicted octanol–water partition coefficient (Wildman–Crippen LogP) is 0.991. The van der Waals surface area contributed by atoms with Gasteiger partial charge >= 0.3 is 5.97 Å². The average Bonchev–Trinajstić information content (AvgIpc) is 2.47. The zero-order valence-corrected chi connectivity index (χ0v) is 13.1. The van der Waals surface area contributed by atoms with Crippen LogP contribution in [0.2, 0.25) is 0 Å². The Labute approximate surface area is 121 Å². The summed E-state index contributed by atoms with van der Waals surface area (Å²) in [5.74, 6) is 0.123. The van der Waals surface area contributed by atoms with Gasteiger partial charge in [0.2, 0.25) is 0 Å². The summed E-state index contributed by atoms with van der Waals surface area (Å²) in [5.41, 5.74) is 0. The number of nitrogens with zero attached hydrogens (tertiary/aromatic N) is 2. The van der Waals surface area contributed by atoms with Gasteiger partial charge in [0.15, 0.2) is 0 Å². The molecular weight excluding hydrogens is 280 g/mol. The Morgan fingerprint density at radius 2 is 1.75 bits per heavy atom. The van der Waals surface area contributed by atoms with E-state index >= 15 is 0 Å². The molecule has 0 N–H and O–H groups in total. The molecule has 2 rings (SSSR count). The van der Waals surface area contributed by atoms with E-state index in [4.69, 9.17) is 4.74 Å². The molecule has 2 heterocycles. The summed E-state index contributed by atoms with van der Waals surface area (Å²) in [7, 11) is -2.24. The molecule has 0 amide bonds. The molecule has 0 unspecified atom stereocenters. The molecular formula is C13H24N2O4S. The second-order valence-corrected chi connectivity index (χ2v) is 7.62. The molecule has 2 aliphatic rings. The fourth-order valence-electron chi connectivity index (χ4n) is 2.92. The van der Waals surface area contributed by atoms with Crippen molar-refractivity contribution in [1.29, 1.82) is 0 Å². The van der Waals surface area contributed by atoms with Crippen LogP contribution in [0.3, 0.4) is 0 Å². The largest absolute Gasteiger partial charge is 0.468 e. The minimum atomic E-state index is -3.55. The summed E-state index contributed by atoms with van der Waals surface area (Å²) in [6.07, 6.45) is 3.99. The molecule has 116 valence electrons. The lowest BCUT2D eigenvalue weighted by atomic mass is 10.0. The van der Waals surface area contributed by atoms with Gasteiger partial charge in [0, 0.05) is 19.6 Å². The minimum Gasteiger partial charge on any atom is -0.468 e. The number of carbonyl (C=O) groups is 1. The van der Waals surface area contributed by atoms with Gasteiger partial charge in [0.1, 0.15) is 6.04 Å². The van der Waals surface area contributed by atoms with Gasteiger partial charge in [-0.3, -0.25) is 4.79 Å². The third-order valence-corrected chi connectivity index (χ3v) is 6.34. The van der Waals surface area contributed by atoms with Crippen molar-refractivity contribution in [1.82, 2.24) is 8.61 Å². The van der Waals surface area contributed by atoms with E-state index in [1.165, 1.54) is 15.7 Å². The third-order valence-electron chi connectivity index (χ3n) is 4.29. The normalized spacial score (nSPS) is 27.4. The number of hydrogen-bond donors (Lipinski definition) is 0. The molecule has 0 aromatic rings. The van der Waals surface area contributed by atoms with Gasteiger partial charge in [-0.1, -0.05) is 6.92 Å². The van der Waals surface area contributed by atoms with Gasteiger partial charge in [-0.25, -0.2) is 0 Å². The third kappa shape index (κ3) is 3.15. The van der Waals surface area contributed by atoms with Crippen LogP contribution in [-0.4, -0.2) is 55.8 Å². The Balaban J connectivity index is 2.15. The Hall–Kier alpha value is -0.660. The molecule has 0 bridgehead atoms. The number of hydrogen-bond acceptors (Lipinski definition) is 4. The van der Waals surface area contributed by atoms with Crippen LogP contribution in [0, 0.1) is 5.92 Å². The van der Waals surface area contributed by atoms with E-state index in [1.54, 1.807) is 0 Å². The molecule has 0 saturated carbocycles. The number of ether oxygens (including phenoxy) is 1. The zero-order chi connectivity index (χ0) is 14.8. The van der Waals surface area contributed by atoms with Crippen LogP contribution in [-0.2, 0) is 19.7 Å². The lowest BCUT2D eigenvalue weighted by Crippen LogP contribution is -2.54. The van der Waals surface area contributed by atoms with E-state index in [9.17, 15) is 13.2 Å². The first kappa shape index (κ1) is 15.7. The Bertz CT molecular complexity index is 443. The number of carbonyl (C=O) groups excluding carboxylic acids is 1. The number of piperidine rings is 2. The van der Waals surface area contributed by atoms with E-state index in [2.05, 4.69) is 6.92 Å². The van der Waals surface area contributed by atoms with Crippen molar-refractivity contribution in [3.63, 3.8) is 0 Å². The standard InChI is InChI=1S/C13H24N2O4S/c1-11-6-9-14(10-7-11)20(17,18)15-8-4-3-5-12(15)13(16)19-2/h11-12H,3-10H2,1-2H3/t12-/m1/s1. The van der Waals surface area contributed by atoms with Gasteiger partial charge in [-0.05, 0) is 38.0 Å². The topological polar surface area (TPSA) is 66.9 Å². The fraction of sp³-hybridized carbons (Fsp3) is 0.923. The van der Waals surface area contributed by atoms with Gasteiger partial charge in [0.25, 0.3) is 10.2 Å². The fourth-order valence-corrected chi connectivity index (χ4v) is 4.76. The van der Waals surface area contributed by atoms with Crippen molar-refractivity contribution >= 4 is 16.2 Å². The molecule has 2 aliphatic heterocycles. The number of rotatable bonds is 3. The van der Waals surface area contributed by atoms with Gasteiger partial charge in [-0.15, -0.1) is 0 Å². The van der Waals surface area contributed by atoms with Crippen molar-refractivity contribution in [3.05, 3.63) is 0 Å². The van der Waals surface area contributed by atoms with Gasteiger partial charge < -0.3 is 4.74 Å². The first-order valence-corrected chi connectivity index (χ1v) is 8.71. The summed E-state index contributed by atoms with van der Waals surface area (Å²) in [5, 5.41) is 0. The summed E-state index contributed by atoms with van der Waals surface area (Å²) in [6, 6.07) is -0.655. The Morgan fingerprint density at radius 1 is 1.10 bits per heavy atom. The van der Waals surface area contributed by atoms with Crippen LogP contribution < -0.4 is 0 Å². The molecule has 7 heteroatoms. The molecule has 0 radical (unpaired) electrons. The highest BCUT2D eigenvalue weighted by molar-refractivity contribution is 7.86. The molecule has 6 nitrogen and oxygen atoms in total. The summed E-state index contributed by atoms with van der Waals surface area (Å²) in [6.45, 7) is 3.65. The molecule has 2 saturated heterocycles. The smallest absolute Gasteiger partial charge is 0.324 e.